The summed E-state index contributed by atoms with van der Waals surface area (Å²) in [6, 6.07) is 7.27. The SMILES string of the molecule is Nc1ncc(C(=O)N2CCC3(CC2)CC(N2CCC(O)CC2)CO3)cc1OCc1c(Cl)cccc1Cl. The number of benzene rings is 1. The van der Waals surface area contributed by atoms with Gasteiger partial charge in [-0.3, -0.25) is 9.69 Å². The maximum atomic E-state index is 13.3. The molecule has 0 saturated carbocycles. The number of pyridine rings is 1. The van der Waals surface area contributed by atoms with Crippen LogP contribution < -0.4 is 10.5 Å². The Kier molecular flexibility index (Phi) is 7.60. The minimum absolute atomic E-state index is 0.0995. The molecule has 194 valence electrons. The lowest BCUT2D eigenvalue weighted by atomic mass is 9.86. The van der Waals surface area contributed by atoms with Gasteiger partial charge in [0.1, 0.15) is 6.61 Å². The molecule has 4 heterocycles. The van der Waals surface area contributed by atoms with Crippen LogP contribution in [0.25, 0.3) is 0 Å². The summed E-state index contributed by atoms with van der Waals surface area (Å²) in [6.07, 6.45) is 5.58. The maximum absolute atomic E-state index is 13.3. The lowest BCUT2D eigenvalue weighted by molar-refractivity contribution is -0.0397. The number of nitrogen functional groups attached to an aromatic ring is 1. The van der Waals surface area contributed by atoms with Gasteiger partial charge in [0, 0.05) is 54.0 Å². The van der Waals surface area contributed by atoms with Crippen molar-refractivity contribution in [2.75, 3.05) is 38.5 Å². The van der Waals surface area contributed by atoms with Crippen molar-refractivity contribution in [2.45, 2.75) is 56.5 Å². The first-order chi connectivity index (χ1) is 17.3. The number of aliphatic hydroxyl groups is 1. The first-order valence-corrected chi connectivity index (χ1v) is 13.3. The molecule has 1 aromatic heterocycles. The van der Waals surface area contributed by atoms with Gasteiger partial charge in [-0.1, -0.05) is 29.3 Å². The predicted octanol–water partition coefficient (Wildman–Crippen LogP) is 3.77. The Labute approximate surface area is 221 Å². The van der Waals surface area contributed by atoms with E-state index >= 15 is 0 Å². The van der Waals surface area contributed by atoms with E-state index in [9.17, 15) is 9.90 Å². The fourth-order valence-electron chi connectivity index (χ4n) is 5.46. The second-order valence-electron chi connectivity index (χ2n) is 10.0. The number of amides is 1. The highest BCUT2D eigenvalue weighted by molar-refractivity contribution is 6.35. The van der Waals surface area contributed by atoms with Gasteiger partial charge in [0.05, 0.1) is 23.9 Å². The number of halogens is 2. The lowest BCUT2D eigenvalue weighted by Crippen LogP contribution is -2.48. The van der Waals surface area contributed by atoms with Crippen molar-refractivity contribution in [3.05, 3.63) is 51.6 Å². The summed E-state index contributed by atoms with van der Waals surface area (Å²) >= 11 is 12.5. The molecule has 2 aromatic rings. The molecule has 5 rings (SSSR count). The molecule has 3 aliphatic rings. The van der Waals surface area contributed by atoms with Crippen molar-refractivity contribution in [3.8, 4) is 5.75 Å². The predicted molar refractivity (Wildman–Crippen MR) is 138 cm³/mol. The van der Waals surface area contributed by atoms with Crippen molar-refractivity contribution in [2.24, 2.45) is 0 Å². The van der Waals surface area contributed by atoms with Crippen LogP contribution in [0.15, 0.2) is 30.5 Å². The Balaban J connectivity index is 1.18. The van der Waals surface area contributed by atoms with Crippen molar-refractivity contribution in [1.82, 2.24) is 14.8 Å². The Morgan fingerprint density at radius 1 is 1.19 bits per heavy atom. The molecular formula is C26H32Cl2N4O4. The smallest absolute Gasteiger partial charge is 0.255 e. The number of nitrogens with zero attached hydrogens (tertiary/aromatic N) is 3. The third-order valence-corrected chi connectivity index (χ3v) is 8.44. The van der Waals surface area contributed by atoms with Crippen molar-refractivity contribution in [3.63, 3.8) is 0 Å². The van der Waals surface area contributed by atoms with E-state index in [2.05, 4.69) is 9.88 Å². The number of anilines is 1. The summed E-state index contributed by atoms with van der Waals surface area (Å²) in [5.41, 5.74) is 6.92. The summed E-state index contributed by atoms with van der Waals surface area (Å²) in [6.45, 7) is 3.94. The van der Waals surface area contributed by atoms with E-state index in [1.807, 2.05) is 4.90 Å². The highest BCUT2D eigenvalue weighted by atomic mass is 35.5. The molecule has 1 spiro atoms. The summed E-state index contributed by atoms with van der Waals surface area (Å²) in [4.78, 5) is 21.8. The van der Waals surface area contributed by atoms with Crippen LogP contribution in [0.4, 0.5) is 5.82 Å². The summed E-state index contributed by atoms with van der Waals surface area (Å²) in [5, 5.41) is 10.8. The standard InChI is InChI=1S/C26H32Cl2N4O4/c27-21-2-1-3-22(28)20(21)16-35-23-12-17(14-30-24(23)29)25(34)32-10-6-26(7-11-32)13-18(15-36-26)31-8-4-19(33)5-9-31/h1-3,12,14,18-19,33H,4-11,13,15-16H2,(H2,29,30). The fourth-order valence-corrected chi connectivity index (χ4v) is 5.97. The second kappa shape index (κ2) is 10.7. The summed E-state index contributed by atoms with van der Waals surface area (Å²) in [7, 11) is 0. The second-order valence-corrected chi connectivity index (χ2v) is 10.8. The van der Waals surface area contributed by atoms with Crippen LogP contribution in [0, 0.1) is 0 Å². The van der Waals surface area contributed by atoms with E-state index < -0.39 is 0 Å². The van der Waals surface area contributed by atoms with Crippen LogP contribution in [-0.4, -0.2) is 76.3 Å². The molecule has 3 fully saturated rings. The molecule has 0 aliphatic carbocycles. The van der Waals surface area contributed by atoms with Crippen LogP contribution in [0.3, 0.4) is 0 Å². The number of carbonyl (C=O) groups excluding carboxylic acids is 1. The van der Waals surface area contributed by atoms with Crippen LogP contribution in [0.2, 0.25) is 10.0 Å². The zero-order chi connectivity index (χ0) is 25.3. The quantitative estimate of drug-likeness (QED) is 0.601. The average molecular weight is 535 g/mol. The highest BCUT2D eigenvalue weighted by Crippen LogP contribution is 2.39. The topological polar surface area (TPSA) is 101 Å². The molecular weight excluding hydrogens is 503 g/mol. The molecule has 0 radical (unpaired) electrons. The zero-order valence-electron chi connectivity index (χ0n) is 20.2. The lowest BCUT2D eigenvalue weighted by Gasteiger charge is -2.39. The maximum Gasteiger partial charge on any atom is 0.255 e. The first-order valence-electron chi connectivity index (χ1n) is 12.5. The van der Waals surface area contributed by atoms with Crippen molar-refractivity contribution in [1.29, 1.82) is 0 Å². The Morgan fingerprint density at radius 2 is 1.89 bits per heavy atom. The minimum Gasteiger partial charge on any atom is -0.485 e. The minimum atomic E-state index is -0.172. The molecule has 1 amide bonds. The van der Waals surface area contributed by atoms with E-state index in [0.29, 0.717) is 46.1 Å². The number of aromatic nitrogens is 1. The highest BCUT2D eigenvalue weighted by Gasteiger charge is 2.45. The van der Waals surface area contributed by atoms with Gasteiger partial charge in [0.2, 0.25) is 0 Å². The molecule has 36 heavy (non-hydrogen) atoms. The molecule has 3 saturated heterocycles. The summed E-state index contributed by atoms with van der Waals surface area (Å²) < 4.78 is 12.2. The van der Waals surface area contributed by atoms with E-state index in [1.54, 1.807) is 24.3 Å². The molecule has 1 aromatic carbocycles. The molecule has 10 heteroatoms. The Hall–Kier alpha value is -2.10. The van der Waals surface area contributed by atoms with Crippen LogP contribution in [0.1, 0.15) is 48.0 Å². The number of aliphatic hydroxyl groups excluding tert-OH is 1. The fraction of sp³-hybridized carbons (Fsp3) is 0.538. The number of hydrogen-bond acceptors (Lipinski definition) is 7. The number of likely N-dealkylation sites (tertiary alicyclic amines) is 2. The van der Waals surface area contributed by atoms with Crippen LogP contribution in [0.5, 0.6) is 5.75 Å². The zero-order valence-corrected chi connectivity index (χ0v) is 21.7. The molecule has 0 bridgehead atoms. The van der Waals surface area contributed by atoms with Crippen LogP contribution in [-0.2, 0) is 11.3 Å². The Bertz CT molecular complexity index is 1080. The number of carbonyl (C=O) groups is 1. The monoisotopic (exact) mass is 534 g/mol. The van der Waals surface area contributed by atoms with E-state index in [-0.39, 0.29) is 30.0 Å². The van der Waals surface area contributed by atoms with E-state index in [1.165, 1.54) is 6.20 Å². The number of piperidine rings is 2. The molecule has 3 aliphatic heterocycles. The van der Waals surface area contributed by atoms with Gasteiger partial charge in [-0.25, -0.2) is 4.98 Å². The van der Waals surface area contributed by atoms with Gasteiger partial charge in [0.15, 0.2) is 11.6 Å². The average Bonchev–Trinajstić information content (AvgIpc) is 3.28. The van der Waals surface area contributed by atoms with Gasteiger partial charge in [-0.15, -0.1) is 0 Å². The molecule has 3 N–H and O–H groups in total. The molecule has 8 nitrogen and oxygen atoms in total. The van der Waals surface area contributed by atoms with E-state index in [0.717, 1.165) is 51.8 Å². The van der Waals surface area contributed by atoms with Gasteiger partial charge < -0.3 is 25.2 Å². The van der Waals surface area contributed by atoms with Crippen molar-refractivity contribution >= 4 is 34.9 Å². The Morgan fingerprint density at radius 3 is 2.58 bits per heavy atom. The largest absolute Gasteiger partial charge is 0.485 e. The third kappa shape index (κ3) is 5.43. The van der Waals surface area contributed by atoms with Gasteiger partial charge >= 0.3 is 0 Å². The van der Waals surface area contributed by atoms with Gasteiger partial charge in [-0.2, -0.15) is 0 Å². The molecule has 1 unspecified atom stereocenters. The summed E-state index contributed by atoms with van der Waals surface area (Å²) in [5.74, 6) is 0.416. The molecule has 1 atom stereocenters. The van der Waals surface area contributed by atoms with Gasteiger partial charge in [0.25, 0.3) is 5.91 Å². The van der Waals surface area contributed by atoms with Gasteiger partial charge in [-0.05, 0) is 50.3 Å². The number of rotatable bonds is 5. The van der Waals surface area contributed by atoms with Crippen molar-refractivity contribution < 1.29 is 19.4 Å². The van der Waals surface area contributed by atoms with E-state index in [4.69, 9.17) is 38.4 Å². The number of ether oxygens (including phenoxy) is 2. The number of hydrogen-bond donors (Lipinski definition) is 2. The number of nitrogens with two attached hydrogens (primary N) is 1. The first kappa shape index (κ1) is 25.5. The normalized spacial score (nSPS) is 22.8. The van der Waals surface area contributed by atoms with Crippen LogP contribution >= 0.6 is 23.2 Å². The third-order valence-electron chi connectivity index (χ3n) is 7.73.